The summed E-state index contributed by atoms with van der Waals surface area (Å²) in [6.07, 6.45) is 0.690. The molecule has 1 atom stereocenters. The van der Waals surface area contributed by atoms with Crippen molar-refractivity contribution in [2.24, 2.45) is 0 Å². The van der Waals surface area contributed by atoms with E-state index in [1.54, 1.807) is 7.11 Å². The average molecular weight is 365 g/mol. The Morgan fingerprint density at radius 2 is 2.00 bits per heavy atom. The van der Waals surface area contributed by atoms with E-state index in [0.29, 0.717) is 18.1 Å². The van der Waals surface area contributed by atoms with Crippen molar-refractivity contribution >= 4 is 5.91 Å². The molecule has 0 saturated heterocycles. The highest BCUT2D eigenvalue weighted by Crippen LogP contribution is 2.19. The van der Waals surface area contributed by atoms with E-state index in [0.717, 1.165) is 22.4 Å². The molecule has 0 spiro atoms. The number of ether oxygens (including phenoxy) is 1. The maximum Gasteiger partial charge on any atom is 0.227 e. The molecule has 0 aliphatic carbocycles. The Labute approximate surface area is 158 Å². The second-order valence-electron chi connectivity index (χ2n) is 6.44. The summed E-state index contributed by atoms with van der Waals surface area (Å²) in [4.78, 5) is 16.6. The first-order valence-corrected chi connectivity index (χ1v) is 8.88. The summed E-state index contributed by atoms with van der Waals surface area (Å²) in [6, 6.07) is 15.4. The lowest BCUT2D eigenvalue weighted by Crippen LogP contribution is -2.26. The molecule has 2 aromatic carbocycles. The van der Waals surface area contributed by atoms with Gasteiger partial charge in [0.25, 0.3) is 0 Å². The third-order valence-corrected chi connectivity index (χ3v) is 4.30. The van der Waals surface area contributed by atoms with Crippen LogP contribution in [0.4, 0.5) is 0 Å². The van der Waals surface area contributed by atoms with Crippen LogP contribution in [0.15, 0.2) is 53.1 Å². The van der Waals surface area contributed by atoms with Crippen LogP contribution in [-0.4, -0.2) is 23.2 Å². The van der Waals surface area contributed by atoms with Gasteiger partial charge in [0.05, 0.1) is 13.2 Å². The number of aryl methyl sites for hydroxylation is 2. The topological polar surface area (TPSA) is 77.2 Å². The molecular weight excluding hydrogens is 342 g/mol. The molecule has 3 aromatic rings. The zero-order valence-corrected chi connectivity index (χ0v) is 15.7. The average Bonchev–Trinajstić information content (AvgIpc) is 3.15. The van der Waals surface area contributed by atoms with Gasteiger partial charge in [0, 0.05) is 18.4 Å². The highest BCUT2D eigenvalue weighted by Gasteiger charge is 2.13. The number of aromatic nitrogens is 2. The molecule has 27 heavy (non-hydrogen) atoms. The molecule has 1 N–H and O–H groups in total. The van der Waals surface area contributed by atoms with Crippen molar-refractivity contribution in [2.75, 3.05) is 7.11 Å². The second kappa shape index (κ2) is 8.49. The zero-order chi connectivity index (χ0) is 19.2. The minimum atomic E-state index is -0.0889. The predicted octanol–water partition coefficient (Wildman–Crippen LogP) is 3.86. The number of carbonyl (C=O) groups is 1. The third kappa shape index (κ3) is 4.94. The van der Waals surface area contributed by atoms with Gasteiger partial charge in [-0.25, -0.2) is 0 Å². The Morgan fingerprint density at radius 1 is 1.22 bits per heavy atom. The largest absolute Gasteiger partial charge is 0.497 e. The molecule has 0 unspecified atom stereocenters. The summed E-state index contributed by atoms with van der Waals surface area (Å²) in [5.41, 5.74) is 3.05. The lowest BCUT2D eigenvalue weighted by Gasteiger charge is -2.14. The van der Waals surface area contributed by atoms with E-state index in [4.69, 9.17) is 9.26 Å². The minimum Gasteiger partial charge on any atom is -0.497 e. The number of methoxy groups -OCH3 is 1. The molecule has 0 aliphatic rings. The predicted molar refractivity (Wildman–Crippen MR) is 102 cm³/mol. The first kappa shape index (κ1) is 18.6. The highest BCUT2D eigenvalue weighted by atomic mass is 16.5. The molecule has 6 nitrogen and oxygen atoms in total. The van der Waals surface area contributed by atoms with Gasteiger partial charge in [0.1, 0.15) is 5.75 Å². The molecule has 6 heteroatoms. The molecule has 1 heterocycles. The molecule has 140 valence electrons. The molecule has 1 aromatic heterocycles. The van der Waals surface area contributed by atoms with E-state index in [9.17, 15) is 4.79 Å². The van der Waals surface area contributed by atoms with Crippen molar-refractivity contribution in [3.8, 4) is 17.1 Å². The molecule has 0 bridgehead atoms. The van der Waals surface area contributed by atoms with E-state index in [2.05, 4.69) is 15.5 Å². The standard InChI is InChI=1S/C21H23N3O3/c1-14-5-4-6-17(13-14)21-23-20(27-24-21)12-11-19(25)22-15(2)16-7-9-18(26-3)10-8-16/h4-10,13,15H,11-12H2,1-3H3,(H,22,25)/t15-/m0/s1. The van der Waals surface area contributed by atoms with E-state index in [1.165, 1.54) is 0 Å². The minimum absolute atomic E-state index is 0.0615. The number of benzene rings is 2. The Hall–Kier alpha value is -3.15. The van der Waals surface area contributed by atoms with Crippen molar-refractivity contribution in [1.29, 1.82) is 0 Å². The van der Waals surface area contributed by atoms with Crippen molar-refractivity contribution in [1.82, 2.24) is 15.5 Å². The Balaban J connectivity index is 1.53. The molecule has 0 saturated carbocycles. The highest BCUT2D eigenvalue weighted by molar-refractivity contribution is 5.76. The number of nitrogens with zero attached hydrogens (tertiary/aromatic N) is 2. The summed E-state index contributed by atoms with van der Waals surface area (Å²) in [5, 5.41) is 6.98. The maximum absolute atomic E-state index is 12.2. The number of hydrogen-bond acceptors (Lipinski definition) is 5. The van der Waals surface area contributed by atoms with Gasteiger partial charge in [0.2, 0.25) is 17.6 Å². The van der Waals surface area contributed by atoms with Crippen LogP contribution in [0.1, 0.15) is 36.4 Å². The van der Waals surface area contributed by atoms with Crippen LogP contribution in [0, 0.1) is 6.92 Å². The monoisotopic (exact) mass is 365 g/mol. The van der Waals surface area contributed by atoms with Crippen LogP contribution in [-0.2, 0) is 11.2 Å². The lowest BCUT2D eigenvalue weighted by molar-refractivity contribution is -0.121. The number of hydrogen-bond donors (Lipinski definition) is 1. The fourth-order valence-corrected chi connectivity index (χ4v) is 2.77. The van der Waals surface area contributed by atoms with Gasteiger partial charge in [-0.3, -0.25) is 4.79 Å². The number of carbonyl (C=O) groups excluding carboxylic acids is 1. The summed E-state index contributed by atoms with van der Waals surface area (Å²) < 4.78 is 10.4. The van der Waals surface area contributed by atoms with Gasteiger partial charge in [-0.1, -0.05) is 41.1 Å². The number of amides is 1. The fraction of sp³-hybridized carbons (Fsp3) is 0.286. The van der Waals surface area contributed by atoms with Gasteiger partial charge in [-0.05, 0) is 37.6 Å². The first-order chi connectivity index (χ1) is 13.0. The molecular formula is C21H23N3O3. The van der Waals surface area contributed by atoms with Crippen molar-refractivity contribution in [3.05, 3.63) is 65.5 Å². The van der Waals surface area contributed by atoms with E-state index in [-0.39, 0.29) is 18.4 Å². The second-order valence-corrected chi connectivity index (χ2v) is 6.44. The molecule has 1 amide bonds. The Kier molecular flexibility index (Phi) is 5.86. The smallest absolute Gasteiger partial charge is 0.227 e. The maximum atomic E-state index is 12.2. The molecule has 0 radical (unpaired) electrons. The van der Waals surface area contributed by atoms with Crippen LogP contribution < -0.4 is 10.1 Å². The fourth-order valence-electron chi connectivity index (χ4n) is 2.77. The summed E-state index contributed by atoms with van der Waals surface area (Å²) >= 11 is 0. The van der Waals surface area contributed by atoms with E-state index in [1.807, 2.05) is 62.4 Å². The Bertz CT molecular complexity index is 903. The third-order valence-electron chi connectivity index (χ3n) is 4.30. The number of nitrogens with one attached hydrogen (secondary N) is 1. The van der Waals surface area contributed by atoms with Crippen LogP contribution in [0.2, 0.25) is 0 Å². The van der Waals surface area contributed by atoms with E-state index >= 15 is 0 Å². The van der Waals surface area contributed by atoms with E-state index < -0.39 is 0 Å². The number of rotatable bonds is 7. The van der Waals surface area contributed by atoms with Crippen molar-refractivity contribution in [3.63, 3.8) is 0 Å². The Morgan fingerprint density at radius 3 is 2.70 bits per heavy atom. The normalized spacial score (nSPS) is 11.8. The van der Waals surface area contributed by atoms with Crippen LogP contribution in [0.5, 0.6) is 5.75 Å². The SMILES string of the molecule is COc1ccc([C@H](C)NC(=O)CCc2nc(-c3cccc(C)c3)no2)cc1. The van der Waals surface area contributed by atoms with Crippen LogP contribution in [0.3, 0.4) is 0 Å². The van der Waals surface area contributed by atoms with Crippen molar-refractivity contribution < 1.29 is 14.1 Å². The van der Waals surface area contributed by atoms with Crippen LogP contribution >= 0.6 is 0 Å². The zero-order valence-electron chi connectivity index (χ0n) is 15.7. The quantitative estimate of drug-likeness (QED) is 0.688. The summed E-state index contributed by atoms with van der Waals surface area (Å²) in [5.74, 6) is 1.73. The molecule has 0 fully saturated rings. The molecule has 3 rings (SSSR count). The van der Waals surface area contributed by atoms with Crippen molar-refractivity contribution in [2.45, 2.75) is 32.7 Å². The van der Waals surface area contributed by atoms with Gasteiger partial charge in [0.15, 0.2) is 0 Å². The lowest BCUT2D eigenvalue weighted by atomic mass is 10.1. The van der Waals surface area contributed by atoms with Gasteiger partial charge < -0.3 is 14.6 Å². The summed E-state index contributed by atoms with van der Waals surface area (Å²) in [6.45, 7) is 3.96. The summed E-state index contributed by atoms with van der Waals surface area (Å²) in [7, 11) is 1.63. The van der Waals surface area contributed by atoms with Gasteiger partial charge in [-0.15, -0.1) is 0 Å². The van der Waals surface area contributed by atoms with Gasteiger partial charge in [-0.2, -0.15) is 4.98 Å². The molecule has 0 aliphatic heterocycles. The van der Waals surface area contributed by atoms with Gasteiger partial charge >= 0.3 is 0 Å². The van der Waals surface area contributed by atoms with Crippen LogP contribution in [0.25, 0.3) is 11.4 Å². The first-order valence-electron chi connectivity index (χ1n) is 8.88.